The quantitative estimate of drug-likeness (QED) is 0.750. The Hall–Kier alpha value is -1.39. The molecule has 1 atom stereocenters. The molecule has 4 nitrogen and oxygen atoms in total. The summed E-state index contributed by atoms with van der Waals surface area (Å²) in [5, 5.41) is 0. The van der Waals surface area contributed by atoms with E-state index in [2.05, 4.69) is 5.48 Å². The Balaban J connectivity index is 1.68. The Morgan fingerprint density at radius 2 is 2.20 bits per heavy atom. The summed E-state index contributed by atoms with van der Waals surface area (Å²) in [6.45, 7) is 1.04. The van der Waals surface area contributed by atoms with Crippen molar-refractivity contribution in [1.29, 1.82) is 0 Å². The van der Waals surface area contributed by atoms with Gasteiger partial charge in [0.25, 0.3) is 5.91 Å². The van der Waals surface area contributed by atoms with Crippen LogP contribution in [0.2, 0.25) is 0 Å². The summed E-state index contributed by atoms with van der Waals surface area (Å²) < 4.78 is 5.00. The minimum atomic E-state index is -0.319. The smallest absolute Gasteiger partial charge is 0.272 e. The Morgan fingerprint density at radius 1 is 1.47 bits per heavy atom. The second kappa shape index (κ2) is 4.91. The maximum absolute atomic E-state index is 11.3. The van der Waals surface area contributed by atoms with Crippen molar-refractivity contribution in [3.63, 3.8) is 0 Å². The van der Waals surface area contributed by atoms with Crippen LogP contribution in [0.5, 0.6) is 0 Å². The van der Waals surface area contributed by atoms with Crippen LogP contribution in [-0.2, 0) is 21.0 Å². The monoisotopic (exact) mass is 207 g/mol. The minimum absolute atomic E-state index is 0.197. The molecule has 0 saturated carbocycles. The van der Waals surface area contributed by atoms with Crippen LogP contribution in [0.4, 0.5) is 0 Å². The molecule has 1 aromatic carbocycles. The molecule has 1 amide bonds. The second-order valence-electron chi connectivity index (χ2n) is 3.39. The van der Waals surface area contributed by atoms with E-state index in [1.165, 1.54) is 0 Å². The number of ether oxygens (including phenoxy) is 1. The summed E-state index contributed by atoms with van der Waals surface area (Å²) in [6.07, 6.45) is 0.460. The third-order valence-corrected chi connectivity index (χ3v) is 2.25. The lowest BCUT2D eigenvalue weighted by atomic mass is 10.2. The van der Waals surface area contributed by atoms with Crippen LogP contribution >= 0.6 is 0 Å². The molecular weight excluding hydrogens is 194 g/mol. The van der Waals surface area contributed by atoms with E-state index in [-0.39, 0.29) is 12.0 Å². The van der Waals surface area contributed by atoms with E-state index in [0.29, 0.717) is 13.2 Å². The molecule has 0 spiro atoms. The Morgan fingerprint density at radius 3 is 2.80 bits per heavy atom. The van der Waals surface area contributed by atoms with E-state index < -0.39 is 0 Å². The van der Waals surface area contributed by atoms with Gasteiger partial charge in [0.2, 0.25) is 0 Å². The van der Waals surface area contributed by atoms with Gasteiger partial charge in [-0.2, -0.15) is 0 Å². The van der Waals surface area contributed by atoms with Crippen LogP contribution < -0.4 is 5.48 Å². The Kier molecular flexibility index (Phi) is 3.32. The third kappa shape index (κ3) is 2.78. The highest BCUT2D eigenvalue weighted by atomic mass is 16.7. The summed E-state index contributed by atoms with van der Waals surface area (Å²) in [7, 11) is 0. The van der Waals surface area contributed by atoms with Crippen molar-refractivity contribution in [2.24, 2.45) is 0 Å². The molecule has 1 N–H and O–H groups in total. The highest BCUT2D eigenvalue weighted by Crippen LogP contribution is 2.10. The fraction of sp³-hybridized carbons (Fsp3) is 0.364. The number of benzene rings is 1. The first kappa shape index (κ1) is 10.1. The van der Waals surface area contributed by atoms with E-state index >= 15 is 0 Å². The van der Waals surface area contributed by atoms with E-state index in [1.54, 1.807) is 0 Å². The van der Waals surface area contributed by atoms with Crippen LogP contribution in [0, 0.1) is 0 Å². The predicted molar refractivity (Wildman–Crippen MR) is 53.7 cm³/mol. The van der Waals surface area contributed by atoms with Gasteiger partial charge in [0.15, 0.2) is 0 Å². The van der Waals surface area contributed by atoms with Crippen molar-refractivity contribution >= 4 is 5.91 Å². The zero-order valence-corrected chi connectivity index (χ0v) is 8.31. The van der Waals surface area contributed by atoms with Gasteiger partial charge in [-0.05, 0) is 5.56 Å². The van der Waals surface area contributed by atoms with Crippen molar-refractivity contribution in [3.8, 4) is 0 Å². The molecule has 1 saturated heterocycles. The molecule has 15 heavy (non-hydrogen) atoms. The highest BCUT2D eigenvalue weighted by Gasteiger charge is 2.26. The van der Waals surface area contributed by atoms with Crippen LogP contribution in [-0.4, -0.2) is 18.6 Å². The molecule has 1 aromatic rings. The second-order valence-corrected chi connectivity index (χ2v) is 3.39. The van der Waals surface area contributed by atoms with E-state index in [0.717, 1.165) is 12.0 Å². The number of hydroxylamine groups is 1. The molecule has 2 rings (SSSR count). The number of hydrogen-bond donors (Lipinski definition) is 1. The lowest BCUT2D eigenvalue weighted by molar-refractivity contribution is -0.158. The molecule has 4 heteroatoms. The van der Waals surface area contributed by atoms with Gasteiger partial charge in [0.05, 0.1) is 13.2 Å². The van der Waals surface area contributed by atoms with E-state index in [1.807, 2.05) is 30.3 Å². The number of rotatable bonds is 4. The van der Waals surface area contributed by atoms with Crippen molar-refractivity contribution in [3.05, 3.63) is 35.9 Å². The fourth-order valence-corrected chi connectivity index (χ4v) is 1.27. The van der Waals surface area contributed by atoms with Gasteiger partial charge in [-0.25, -0.2) is 5.48 Å². The maximum atomic E-state index is 11.3. The molecule has 0 aliphatic carbocycles. The lowest BCUT2D eigenvalue weighted by Gasteiger charge is -2.24. The van der Waals surface area contributed by atoms with Gasteiger partial charge in [-0.3, -0.25) is 9.63 Å². The van der Waals surface area contributed by atoms with E-state index in [9.17, 15) is 4.79 Å². The first-order valence-corrected chi connectivity index (χ1v) is 4.93. The summed E-state index contributed by atoms with van der Waals surface area (Å²) >= 11 is 0. The van der Waals surface area contributed by atoms with Gasteiger partial charge < -0.3 is 4.74 Å². The molecule has 1 heterocycles. The molecule has 80 valence electrons. The zero-order chi connectivity index (χ0) is 10.5. The van der Waals surface area contributed by atoms with Crippen LogP contribution in [0.15, 0.2) is 30.3 Å². The number of nitrogens with one attached hydrogen (secondary N) is 1. The normalized spacial score (nSPS) is 19.3. The SMILES string of the molecule is O=C(NOCc1ccccc1)C1CCO1. The number of carbonyl (C=O) groups excluding carboxylic acids is 1. The first-order valence-electron chi connectivity index (χ1n) is 4.93. The average Bonchev–Trinajstić information content (AvgIpc) is 2.16. The molecular formula is C11H13NO3. The largest absolute Gasteiger partial charge is 0.368 e. The Labute approximate surface area is 88.1 Å². The zero-order valence-electron chi connectivity index (χ0n) is 8.31. The maximum Gasteiger partial charge on any atom is 0.272 e. The molecule has 1 aliphatic rings. The lowest BCUT2D eigenvalue weighted by Crippen LogP contribution is -2.42. The molecule has 1 unspecified atom stereocenters. The van der Waals surface area contributed by atoms with Crippen molar-refractivity contribution in [2.75, 3.05) is 6.61 Å². The predicted octanol–water partition coefficient (Wildman–Crippen LogP) is 1.02. The third-order valence-electron chi connectivity index (χ3n) is 2.25. The highest BCUT2D eigenvalue weighted by molar-refractivity contribution is 5.80. The number of hydrogen-bond acceptors (Lipinski definition) is 3. The van der Waals surface area contributed by atoms with Gasteiger partial charge in [-0.15, -0.1) is 0 Å². The molecule has 1 fully saturated rings. The summed E-state index contributed by atoms with van der Waals surface area (Å²) in [4.78, 5) is 16.3. The van der Waals surface area contributed by atoms with Gasteiger partial charge in [0, 0.05) is 6.42 Å². The fourth-order valence-electron chi connectivity index (χ4n) is 1.27. The summed E-state index contributed by atoms with van der Waals surface area (Å²) in [5.41, 5.74) is 3.39. The van der Waals surface area contributed by atoms with E-state index in [4.69, 9.17) is 9.57 Å². The molecule has 0 radical (unpaired) electrons. The van der Waals surface area contributed by atoms with Gasteiger partial charge >= 0.3 is 0 Å². The molecule has 0 aromatic heterocycles. The standard InChI is InChI=1S/C11H13NO3/c13-11(10-6-7-14-10)12-15-8-9-4-2-1-3-5-9/h1-5,10H,6-8H2,(H,12,13). The number of carbonyl (C=O) groups is 1. The van der Waals surface area contributed by atoms with Crippen LogP contribution in [0.25, 0.3) is 0 Å². The van der Waals surface area contributed by atoms with Crippen molar-refractivity contribution in [1.82, 2.24) is 5.48 Å². The van der Waals surface area contributed by atoms with Gasteiger partial charge in [0.1, 0.15) is 6.10 Å². The molecule has 0 bridgehead atoms. The first-order chi connectivity index (χ1) is 7.36. The van der Waals surface area contributed by atoms with Crippen molar-refractivity contribution in [2.45, 2.75) is 19.1 Å². The van der Waals surface area contributed by atoms with Crippen LogP contribution in [0.3, 0.4) is 0 Å². The topological polar surface area (TPSA) is 47.6 Å². The average molecular weight is 207 g/mol. The minimum Gasteiger partial charge on any atom is -0.368 e. The summed E-state index contributed by atoms with van der Waals surface area (Å²) in [6, 6.07) is 9.66. The summed E-state index contributed by atoms with van der Waals surface area (Å²) in [5.74, 6) is -0.197. The van der Waals surface area contributed by atoms with Crippen molar-refractivity contribution < 1.29 is 14.4 Å². The number of amides is 1. The van der Waals surface area contributed by atoms with Crippen LogP contribution in [0.1, 0.15) is 12.0 Å². The van der Waals surface area contributed by atoms with Gasteiger partial charge in [-0.1, -0.05) is 30.3 Å². The molecule has 1 aliphatic heterocycles. The Bertz CT molecular complexity index is 322.